The van der Waals surface area contributed by atoms with E-state index in [1.807, 2.05) is 19.1 Å². The molecule has 7 heteroatoms. The van der Waals surface area contributed by atoms with Crippen LogP contribution in [0.3, 0.4) is 0 Å². The zero-order chi connectivity index (χ0) is 22.3. The lowest BCUT2D eigenvalue weighted by Gasteiger charge is -2.27. The van der Waals surface area contributed by atoms with Crippen LogP contribution in [0.2, 0.25) is 0 Å². The first-order chi connectivity index (χ1) is 15.7. The number of nitrogens with zero attached hydrogens (tertiary/aromatic N) is 1. The van der Waals surface area contributed by atoms with E-state index in [4.69, 9.17) is 14.2 Å². The largest absolute Gasteiger partial charge is 0.490 e. The third-order valence-corrected chi connectivity index (χ3v) is 5.90. The third-order valence-electron chi connectivity index (χ3n) is 5.90. The van der Waals surface area contributed by atoms with Crippen molar-refractivity contribution >= 4 is 11.8 Å². The quantitative estimate of drug-likeness (QED) is 0.719. The summed E-state index contributed by atoms with van der Waals surface area (Å²) in [5, 5.41) is 3.17. The van der Waals surface area contributed by atoms with Crippen LogP contribution in [0.5, 0.6) is 11.5 Å². The van der Waals surface area contributed by atoms with Crippen LogP contribution >= 0.6 is 0 Å². The van der Waals surface area contributed by atoms with Gasteiger partial charge in [0.15, 0.2) is 18.1 Å². The summed E-state index contributed by atoms with van der Waals surface area (Å²) < 4.78 is 16.7. The van der Waals surface area contributed by atoms with Gasteiger partial charge in [0.25, 0.3) is 11.8 Å². The first-order valence-corrected chi connectivity index (χ1v) is 11.3. The number of carbonyl (C=O) groups excluding carboxylic acids is 2. The minimum Gasteiger partial charge on any atom is -0.490 e. The highest BCUT2D eigenvalue weighted by Gasteiger charge is 2.23. The molecule has 170 valence electrons. The molecule has 1 saturated heterocycles. The van der Waals surface area contributed by atoms with Crippen molar-refractivity contribution in [1.29, 1.82) is 0 Å². The lowest BCUT2D eigenvalue weighted by atomic mass is 9.87. The fourth-order valence-electron chi connectivity index (χ4n) is 4.23. The van der Waals surface area contributed by atoms with Crippen LogP contribution in [0.1, 0.15) is 47.3 Å². The Morgan fingerprint density at radius 1 is 1.09 bits per heavy atom. The van der Waals surface area contributed by atoms with Gasteiger partial charge in [-0.15, -0.1) is 0 Å². The summed E-state index contributed by atoms with van der Waals surface area (Å²) in [6, 6.07) is 13.4. The number of morpholine rings is 1. The Morgan fingerprint density at radius 2 is 1.91 bits per heavy atom. The van der Waals surface area contributed by atoms with Crippen molar-refractivity contribution in [3.8, 4) is 11.5 Å². The predicted octanol–water partition coefficient (Wildman–Crippen LogP) is 3.13. The Balaban J connectivity index is 1.43. The second-order valence-electron chi connectivity index (χ2n) is 7.99. The number of nitrogens with one attached hydrogen (secondary N) is 1. The SMILES string of the molecule is CCOc1cc(C(=O)N[C@H]2CCCc3ccccc32)ccc1OCC(=O)N1CCOCC1. The number of ether oxygens (including phenoxy) is 3. The van der Waals surface area contributed by atoms with Gasteiger partial charge in [-0.2, -0.15) is 0 Å². The molecule has 2 aromatic carbocycles. The van der Waals surface area contributed by atoms with E-state index in [1.165, 1.54) is 11.1 Å². The molecule has 0 spiro atoms. The van der Waals surface area contributed by atoms with Crippen LogP contribution in [0.15, 0.2) is 42.5 Å². The Morgan fingerprint density at radius 3 is 2.72 bits per heavy atom. The van der Waals surface area contributed by atoms with E-state index in [9.17, 15) is 9.59 Å². The molecule has 7 nitrogen and oxygen atoms in total. The summed E-state index contributed by atoms with van der Waals surface area (Å²) in [4.78, 5) is 27.1. The summed E-state index contributed by atoms with van der Waals surface area (Å²) in [6.07, 6.45) is 3.02. The molecule has 4 rings (SSSR count). The summed E-state index contributed by atoms with van der Waals surface area (Å²) >= 11 is 0. The van der Waals surface area contributed by atoms with Gasteiger partial charge in [0.05, 0.1) is 25.9 Å². The highest BCUT2D eigenvalue weighted by molar-refractivity contribution is 5.95. The molecule has 1 N–H and O–H groups in total. The molecule has 1 fully saturated rings. The van der Waals surface area contributed by atoms with Gasteiger partial charge in [-0.25, -0.2) is 0 Å². The Labute approximate surface area is 188 Å². The average Bonchev–Trinajstić information content (AvgIpc) is 2.84. The molecule has 0 aromatic heterocycles. The highest BCUT2D eigenvalue weighted by atomic mass is 16.5. The molecule has 0 unspecified atom stereocenters. The van der Waals surface area contributed by atoms with E-state index in [0.29, 0.717) is 50.0 Å². The van der Waals surface area contributed by atoms with Crippen molar-refractivity contribution in [2.75, 3.05) is 39.5 Å². The van der Waals surface area contributed by atoms with Gasteiger partial charge in [0.1, 0.15) is 0 Å². The molecule has 0 saturated carbocycles. The Bertz CT molecular complexity index is 955. The van der Waals surface area contributed by atoms with E-state index >= 15 is 0 Å². The maximum absolute atomic E-state index is 13.0. The van der Waals surface area contributed by atoms with Crippen molar-refractivity contribution in [1.82, 2.24) is 10.2 Å². The number of benzene rings is 2. The molecule has 0 radical (unpaired) electrons. The van der Waals surface area contributed by atoms with Gasteiger partial charge in [-0.3, -0.25) is 9.59 Å². The van der Waals surface area contributed by atoms with E-state index in [1.54, 1.807) is 23.1 Å². The van der Waals surface area contributed by atoms with Gasteiger partial charge >= 0.3 is 0 Å². The summed E-state index contributed by atoms with van der Waals surface area (Å²) in [6.45, 7) is 4.46. The van der Waals surface area contributed by atoms with E-state index in [0.717, 1.165) is 19.3 Å². The van der Waals surface area contributed by atoms with Crippen LogP contribution in [0, 0.1) is 0 Å². The molecular weight excluding hydrogens is 408 g/mol. The van der Waals surface area contributed by atoms with Crippen molar-refractivity contribution in [3.05, 3.63) is 59.2 Å². The highest BCUT2D eigenvalue weighted by Crippen LogP contribution is 2.31. The van der Waals surface area contributed by atoms with Gasteiger partial charge < -0.3 is 24.4 Å². The molecule has 2 aliphatic rings. The number of rotatable bonds is 7. The summed E-state index contributed by atoms with van der Waals surface area (Å²) in [7, 11) is 0. The molecule has 32 heavy (non-hydrogen) atoms. The number of amides is 2. The van der Waals surface area contributed by atoms with Crippen LogP contribution < -0.4 is 14.8 Å². The number of aryl methyl sites for hydroxylation is 1. The molecule has 2 aromatic rings. The van der Waals surface area contributed by atoms with E-state index in [-0.39, 0.29) is 24.5 Å². The number of fused-ring (bicyclic) bond motifs is 1. The van der Waals surface area contributed by atoms with Crippen LogP contribution in [0.25, 0.3) is 0 Å². The second kappa shape index (κ2) is 10.5. The number of hydrogen-bond acceptors (Lipinski definition) is 5. The van der Waals surface area contributed by atoms with E-state index < -0.39 is 0 Å². The molecule has 1 aliphatic carbocycles. The van der Waals surface area contributed by atoms with E-state index in [2.05, 4.69) is 17.4 Å². The molecule has 1 aliphatic heterocycles. The molecular formula is C25H30N2O5. The molecule has 0 bridgehead atoms. The second-order valence-corrected chi connectivity index (χ2v) is 7.99. The smallest absolute Gasteiger partial charge is 0.260 e. The van der Waals surface area contributed by atoms with Crippen LogP contribution in [0.4, 0.5) is 0 Å². The monoisotopic (exact) mass is 438 g/mol. The fourth-order valence-corrected chi connectivity index (χ4v) is 4.23. The summed E-state index contributed by atoms with van der Waals surface area (Å²) in [5.74, 6) is 0.670. The minimum absolute atomic E-state index is 0.00469. The standard InChI is InChI=1S/C25H30N2O5/c1-2-31-23-16-19(10-11-22(23)32-17-24(28)27-12-14-30-15-13-27)25(29)26-21-9-5-7-18-6-3-4-8-20(18)21/h3-4,6,8,10-11,16,21H,2,5,7,9,12-15,17H2,1H3,(H,26,29)/t21-/m0/s1. The first-order valence-electron chi connectivity index (χ1n) is 11.3. The normalized spacial score (nSPS) is 17.9. The Kier molecular flexibility index (Phi) is 7.27. The van der Waals surface area contributed by atoms with Gasteiger partial charge in [-0.05, 0) is 55.5 Å². The first kappa shape index (κ1) is 22.1. The lowest BCUT2D eigenvalue weighted by molar-refractivity contribution is -0.137. The zero-order valence-electron chi connectivity index (χ0n) is 18.5. The minimum atomic E-state index is -0.149. The summed E-state index contributed by atoms with van der Waals surface area (Å²) in [5.41, 5.74) is 3.00. The maximum Gasteiger partial charge on any atom is 0.260 e. The third kappa shape index (κ3) is 5.22. The number of hydrogen-bond donors (Lipinski definition) is 1. The molecule has 1 heterocycles. The van der Waals surface area contributed by atoms with Crippen molar-refractivity contribution < 1.29 is 23.8 Å². The average molecular weight is 439 g/mol. The predicted molar refractivity (Wildman–Crippen MR) is 120 cm³/mol. The maximum atomic E-state index is 13.0. The zero-order valence-corrected chi connectivity index (χ0v) is 18.5. The van der Waals surface area contributed by atoms with Gasteiger partial charge in [0.2, 0.25) is 0 Å². The molecule has 1 atom stereocenters. The van der Waals surface area contributed by atoms with Crippen LogP contribution in [-0.4, -0.2) is 56.2 Å². The van der Waals surface area contributed by atoms with Gasteiger partial charge in [-0.1, -0.05) is 24.3 Å². The van der Waals surface area contributed by atoms with Gasteiger partial charge in [0, 0.05) is 18.7 Å². The Hall–Kier alpha value is -3.06. The van der Waals surface area contributed by atoms with Crippen LogP contribution in [-0.2, 0) is 16.0 Å². The number of carbonyl (C=O) groups is 2. The fraction of sp³-hybridized carbons (Fsp3) is 0.440. The molecule has 2 amide bonds. The van der Waals surface area contributed by atoms with Crippen molar-refractivity contribution in [3.63, 3.8) is 0 Å². The van der Waals surface area contributed by atoms with Crippen molar-refractivity contribution in [2.24, 2.45) is 0 Å². The topological polar surface area (TPSA) is 77.1 Å². The lowest BCUT2D eigenvalue weighted by Crippen LogP contribution is -2.43. The van der Waals surface area contributed by atoms with Crippen molar-refractivity contribution in [2.45, 2.75) is 32.2 Å².